The molecule has 0 aliphatic heterocycles. The number of urea groups is 1. The predicted molar refractivity (Wildman–Crippen MR) is 113 cm³/mol. The number of carbonyl (C=O) groups is 1. The van der Waals surface area contributed by atoms with E-state index in [-0.39, 0.29) is 22.5 Å². The first-order valence-corrected chi connectivity index (χ1v) is 11.5. The first-order valence-electron chi connectivity index (χ1n) is 9.15. The highest BCUT2D eigenvalue weighted by Crippen LogP contribution is 2.30. The SMILES string of the molecule is CCOc1ccc(NC(=O)N(CCCCO)c2nc(C)c(S(=O)(=O)NC)s2)cc1. The number of anilines is 2. The summed E-state index contributed by atoms with van der Waals surface area (Å²) in [5.74, 6) is 0.697. The Morgan fingerprint density at radius 1 is 1.28 bits per heavy atom. The number of nitrogens with one attached hydrogen (secondary N) is 2. The lowest BCUT2D eigenvalue weighted by Crippen LogP contribution is -2.35. The number of nitrogens with zero attached hydrogens (tertiary/aromatic N) is 2. The maximum Gasteiger partial charge on any atom is 0.328 e. The third-order valence-corrected chi connectivity index (χ3v) is 7.14. The molecule has 0 aliphatic carbocycles. The Hall–Kier alpha value is -2.21. The summed E-state index contributed by atoms with van der Waals surface area (Å²) in [6.45, 7) is 4.31. The second kappa shape index (κ2) is 10.5. The van der Waals surface area contributed by atoms with Crippen molar-refractivity contribution in [1.29, 1.82) is 0 Å². The molecule has 0 atom stereocenters. The molecule has 0 saturated heterocycles. The minimum absolute atomic E-state index is 0.00459. The Morgan fingerprint density at radius 2 is 1.97 bits per heavy atom. The van der Waals surface area contributed by atoms with Gasteiger partial charge in [-0.1, -0.05) is 11.3 Å². The topological polar surface area (TPSA) is 121 Å². The fourth-order valence-corrected chi connectivity index (χ4v) is 4.84. The molecule has 0 spiro atoms. The first kappa shape index (κ1) is 23.1. The van der Waals surface area contributed by atoms with Crippen molar-refractivity contribution in [1.82, 2.24) is 9.71 Å². The molecule has 0 fully saturated rings. The third-order valence-electron chi connectivity index (χ3n) is 3.94. The number of aryl methyl sites for hydroxylation is 1. The summed E-state index contributed by atoms with van der Waals surface area (Å²) in [7, 11) is -2.34. The summed E-state index contributed by atoms with van der Waals surface area (Å²) >= 11 is 0.926. The maximum atomic E-state index is 12.9. The number of rotatable bonds is 10. The van der Waals surface area contributed by atoms with Crippen LogP contribution in [0.5, 0.6) is 5.75 Å². The van der Waals surface area contributed by atoms with Gasteiger partial charge in [0.2, 0.25) is 0 Å². The molecule has 0 bridgehead atoms. The number of unbranched alkanes of at least 4 members (excludes halogenated alkanes) is 1. The number of aromatic nitrogens is 1. The van der Waals surface area contributed by atoms with E-state index in [2.05, 4.69) is 15.0 Å². The lowest BCUT2D eigenvalue weighted by atomic mass is 10.3. The van der Waals surface area contributed by atoms with E-state index >= 15 is 0 Å². The van der Waals surface area contributed by atoms with Gasteiger partial charge >= 0.3 is 6.03 Å². The summed E-state index contributed by atoms with van der Waals surface area (Å²) in [4.78, 5) is 18.6. The Morgan fingerprint density at radius 3 is 2.55 bits per heavy atom. The summed E-state index contributed by atoms with van der Waals surface area (Å²) in [6, 6.07) is 6.51. The number of hydrogen-bond donors (Lipinski definition) is 3. The van der Waals surface area contributed by atoms with Gasteiger partial charge in [0.15, 0.2) is 9.34 Å². The van der Waals surface area contributed by atoms with Crippen LogP contribution >= 0.6 is 11.3 Å². The van der Waals surface area contributed by atoms with Crippen molar-refractivity contribution in [3.63, 3.8) is 0 Å². The zero-order valence-electron chi connectivity index (χ0n) is 16.6. The number of sulfonamides is 1. The van der Waals surface area contributed by atoms with Crippen LogP contribution in [0.15, 0.2) is 28.5 Å². The van der Waals surface area contributed by atoms with Gasteiger partial charge < -0.3 is 15.2 Å². The molecule has 2 aromatic rings. The number of hydrogen-bond acceptors (Lipinski definition) is 7. The maximum absolute atomic E-state index is 12.9. The van der Waals surface area contributed by atoms with E-state index < -0.39 is 16.1 Å². The standard InChI is InChI=1S/C18H26N4O5S2/c1-4-27-15-9-7-14(8-10-15)21-17(24)22(11-5-6-12-23)18-20-13(2)16(28-18)29(25,26)19-3/h7-10,19,23H,4-6,11-12H2,1-3H3,(H,21,24). The van der Waals surface area contributed by atoms with Crippen LogP contribution in [0.3, 0.4) is 0 Å². The zero-order valence-corrected chi connectivity index (χ0v) is 18.3. The molecule has 0 saturated carbocycles. The second-order valence-electron chi connectivity index (χ2n) is 6.05. The van der Waals surface area contributed by atoms with Crippen molar-refractivity contribution in [3.05, 3.63) is 30.0 Å². The highest BCUT2D eigenvalue weighted by atomic mass is 32.2. The predicted octanol–water partition coefficient (Wildman–Crippen LogP) is 2.57. The van der Waals surface area contributed by atoms with Crippen molar-refractivity contribution in [2.45, 2.75) is 30.9 Å². The molecule has 11 heteroatoms. The quantitative estimate of drug-likeness (QED) is 0.486. The molecular weight excluding hydrogens is 416 g/mol. The van der Waals surface area contributed by atoms with Crippen LogP contribution in [-0.4, -0.2) is 51.3 Å². The molecule has 160 valence electrons. The molecule has 3 N–H and O–H groups in total. The van der Waals surface area contributed by atoms with Crippen molar-refractivity contribution in [2.24, 2.45) is 0 Å². The minimum Gasteiger partial charge on any atom is -0.494 e. The number of carbonyl (C=O) groups excluding carboxylic acids is 1. The molecule has 9 nitrogen and oxygen atoms in total. The lowest BCUT2D eigenvalue weighted by molar-refractivity contribution is 0.255. The van der Waals surface area contributed by atoms with Gasteiger partial charge in [0.05, 0.1) is 12.3 Å². The average molecular weight is 443 g/mol. The van der Waals surface area contributed by atoms with E-state index in [1.165, 1.54) is 11.9 Å². The van der Waals surface area contributed by atoms with Gasteiger partial charge in [0, 0.05) is 18.8 Å². The van der Waals surface area contributed by atoms with Crippen LogP contribution in [0.2, 0.25) is 0 Å². The Bertz CT molecular complexity index is 913. The summed E-state index contributed by atoms with van der Waals surface area (Å²) in [5.41, 5.74) is 0.891. The van der Waals surface area contributed by atoms with E-state index in [0.717, 1.165) is 11.3 Å². The first-order chi connectivity index (χ1) is 13.8. The molecule has 1 heterocycles. The second-order valence-corrected chi connectivity index (χ2v) is 9.11. The molecule has 0 radical (unpaired) electrons. The Kier molecular flexibility index (Phi) is 8.38. The van der Waals surface area contributed by atoms with Crippen LogP contribution in [0, 0.1) is 6.92 Å². The van der Waals surface area contributed by atoms with Crippen molar-refractivity contribution in [2.75, 3.05) is 37.0 Å². The van der Waals surface area contributed by atoms with Gasteiger partial charge in [0.25, 0.3) is 10.0 Å². The number of benzene rings is 1. The molecule has 1 aromatic carbocycles. The number of ether oxygens (including phenoxy) is 1. The van der Waals surface area contributed by atoms with E-state index in [1.807, 2.05) is 6.92 Å². The van der Waals surface area contributed by atoms with Crippen LogP contribution in [-0.2, 0) is 10.0 Å². The van der Waals surface area contributed by atoms with Gasteiger partial charge in [-0.2, -0.15) is 0 Å². The Labute approximate surface area is 174 Å². The smallest absolute Gasteiger partial charge is 0.328 e. The lowest BCUT2D eigenvalue weighted by Gasteiger charge is -2.20. The number of amides is 2. The molecule has 1 aromatic heterocycles. The molecule has 2 amide bonds. The summed E-state index contributed by atoms with van der Waals surface area (Å²) in [5, 5.41) is 12.1. The summed E-state index contributed by atoms with van der Waals surface area (Å²) in [6.07, 6.45) is 1.05. The van der Waals surface area contributed by atoms with Gasteiger partial charge in [-0.25, -0.2) is 22.9 Å². The van der Waals surface area contributed by atoms with Crippen molar-refractivity contribution in [3.8, 4) is 5.75 Å². The fraction of sp³-hybridized carbons (Fsp3) is 0.444. The molecule has 2 rings (SSSR count). The highest BCUT2D eigenvalue weighted by molar-refractivity contribution is 7.91. The summed E-state index contributed by atoms with van der Waals surface area (Å²) < 4.78 is 32.0. The van der Waals surface area contributed by atoms with Gasteiger partial charge in [-0.15, -0.1) is 0 Å². The van der Waals surface area contributed by atoms with E-state index in [0.29, 0.717) is 36.6 Å². The van der Waals surface area contributed by atoms with Crippen LogP contribution in [0.1, 0.15) is 25.5 Å². The van der Waals surface area contributed by atoms with Crippen LogP contribution < -0.4 is 19.7 Å². The van der Waals surface area contributed by atoms with E-state index in [4.69, 9.17) is 9.84 Å². The van der Waals surface area contributed by atoms with E-state index in [1.54, 1.807) is 31.2 Å². The number of aliphatic hydroxyl groups is 1. The van der Waals surface area contributed by atoms with Crippen molar-refractivity contribution < 1.29 is 23.1 Å². The van der Waals surface area contributed by atoms with E-state index in [9.17, 15) is 13.2 Å². The fourth-order valence-electron chi connectivity index (χ4n) is 2.48. The van der Waals surface area contributed by atoms with Crippen molar-refractivity contribution >= 4 is 38.2 Å². The zero-order chi connectivity index (χ0) is 21.4. The van der Waals surface area contributed by atoms with Gasteiger partial charge in [-0.3, -0.25) is 4.90 Å². The normalized spacial score (nSPS) is 11.3. The molecule has 0 aliphatic rings. The molecule has 0 unspecified atom stereocenters. The van der Waals surface area contributed by atoms with Crippen LogP contribution in [0.4, 0.5) is 15.6 Å². The third kappa shape index (κ3) is 6.13. The molecule has 29 heavy (non-hydrogen) atoms. The average Bonchev–Trinajstić information content (AvgIpc) is 3.09. The largest absolute Gasteiger partial charge is 0.494 e. The van der Waals surface area contributed by atoms with Gasteiger partial charge in [-0.05, 0) is 58.0 Å². The molecular formula is C18H26N4O5S2. The monoisotopic (exact) mass is 442 g/mol. The minimum atomic E-state index is -3.67. The number of thiazole rings is 1. The Balaban J connectivity index is 2.25. The van der Waals surface area contributed by atoms with Crippen LogP contribution in [0.25, 0.3) is 0 Å². The van der Waals surface area contributed by atoms with Gasteiger partial charge in [0.1, 0.15) is 5.75 Å². The highest BCUT2D eigenvalue weighted by Gasteiger charge is 2.25. The number of aliphatic hydroxyl groups excluding tert-OH is 1.